The third-order valence-electron chi connectivity index (χ3n) is 4.78. The molecule has 0 radical (unpaired) electrons. The lowest BCUT2D eigenvalue weighted by molar-refractivity contribution is 0.335. The van der Waals surface area contributed by atoms with Gasteiger partial charge in [0.25, 0.3) is 0 Å². The number of nitrogens with two attached hydrogens (primary N) is 1. The summed E-state index contributed by atoms with van der Waals surface area (Å²) >= 11 is 0. The first-order valence-corrected chi connectivity index (χ1v) is 7.44. The maximum Gasteiger partial charge on any atom is 0.230 e. The van der Waals surface area contributed by atoms with Crippen LogP contribution in [0.15, 0.2) is 28.8 Å². The summed E-state index contributed by atoms with van der Waals surface area (Å²) in [6.45, 7) is 0. The zero-order chi connectivity index (χ0) is 13.6. The van der Waals surface area contributed by atoms with Crippen molar-refractivity contribution in [3.05, 3.63) is 47.1 Å². The molecular formula is C16H19N3O. The van der Waals surface area contributed by atoms with Gasteiger partial charge in [-0.15, -0.1) is 0 Å². The molecule has 104 valence electrons. The van der Waals surface area contributed by atoms with E-state index in [9.17, 15) is 0 Å². The molecule has 2 aliphatic carbocycles. The Hall–Kier alpha value is -1.68. The molecule has 1 heterocycles. The average molecular weight is 269 g/mol. The largest absolute Gasteiger partial charge is 0.339 e. The smallest absolute Gasteiger partial charge is 0.230 e. The van der Waals surface area contributed by atoms with Crippen LogP contribution in [-0.4, -0.2) is 10.1 Å². The van der Waals surface area contributed by atoms with Crippen molar-refractivity contribution in [1.29, 1.82) is 0 Å². The van der Waals surface area contributed by atoms with Crippen LogP contribution in [0.25, 0.3) is 0 Å². The third kappa shape index (κ3) is 1.86. The van der Waals surface area contributed by atoms with Gasteiger partial charge in [0, 0.05) is 5.92 Å². The van der Waals surface area contributed by atoms with E-state index in [1.165, 1.54) is 11.1 Å². The van der Waals surface area contributed by atoms with E-state index in [0.29, 0.717) is 11.7 Å². The van der Waals surface area contributed by atoms with E-state index in [-0.39, 0.29) is 5.54 Å². The van der Waals surface area contributed by atoms with Crippen LogP contribution in [0.4, 0.5) is 0 Å². The van der Waals surface area contributed by atoms with Gasteiger partial charge in [0.2, 0.25) is 5.89 Å². The van der Waals surface area contributed by atoms with E-state index in [0.717, 1.165) is 44.4 Å². The molecule has 1 aromatic carbocycles. The standard InChI is InChI=1S/C16H19N3O/c17-16(7-3-4-8-16)15-18-14(20-19-15)13-9-11-5-1-2-6-12(11)10-13/h1-2,5-6,13H,3-4,7-10,17H2. The van der Waals surface area contributed by atoms with Crippen LogP contribution in [0.3, 0.4) is 0 Å². The van der Waals surface area contributed by atoms with Crippen molar-refractivity contribution in [3.8, 4) is 0 Å². The van der Waals surface area contributed by atoms with Crippen molar-refractivity contribution in [3.63, 3.8) is 0 Å². The highest BCUT2D eigenvalue weighted by Crippen LogP contribution is 2.37. The monoisotopic (exact) mass is 269 g/mol. The quantitative estimate of drug-likeness (QED) is 0.910. The number of fused-ring (bicyclic) bond motifs is 1. The van der Waals surface area contributed by atoms with Crippen molar-refractivity contribution in [1.82, 2.24) is 10.1 Å². The molecule has 0 aliphatic heterocycles. The summed E-state index contributed by atoms with van der Waals surface area (Å²) < 4.78 is 5.52. The lowest BCUT2D eigenvalue weighted by atomic mass is 9.98. The summed E-state index contributed by atoms with van der Waals surface area (Å²) in [7, 11) is 0. The van der Waals surface area contributed by atoms with E-state index >= 15 is 0 Å². The number of hydrogen-bond acceptors (Lipinski definition) is 4. The van der Waals surface area contributed by atoms with Gasteiger partial charge in [-0.1, -0.05) is 42.3 Å². The van der Waals surface area contributed by atoms with Crippen LogP contribution in [0.1, 0.15) is 54.4 Å². The van der Waals surface area contributed by atoms with Crippen molar-refractivity contribution >= 4 is 0 Å². The van der Waals surface area contributed by atoms with Gasteiger partial charge < -0.3 is 10.3 Å². The zero-order valence-electron chi connectivity index (χ0n) is 11.5. The van der Waals surface area contributed by atoms with Gasteiger partial charge in [0.1, 0.15) is 0 Å². The Labute approximate surface area is 118 Å². The van der Waals surface area contributed by atoms with Gasteiger partial charge in [-0.2, -0.15) is 4.98 Å². The maximum atomic E-state index is 6.39. The number of rotatable bonds is 2. The van der Waals surface area contributed by atoms with E-state index in [2.05, 4.69) is 34.4 Å². The van der Waals surface area contributed by atoms with Crippen molar-refractivity contribution in [2.45, 2.75) is 50.0 Å². The Bertz CT molecular complexity index is 603. The second kappa shape index (κ2) is 4.42. The molecule has 1 aromatic heterocycles. The van der Waals surface area contributed by atoms with Gasteiger partial charge in [-0.25, -0.2) is 0 Å². The third-order valence-corrected chi connectivity index (χ3v) is 4.78. The maximum absolute atomic E-state index is 6.39. The van der Waals surface area contributed by atoms with Crippen molar-refractivity contribution < 1.29 is 4.52 Å². The SMILES string of the molecule is NC1(c2noc(C3Cc4ccccc4C3)n2)CCCC1. The fraction of sp³-hybridized carbons (Fsp3) is 0.500. The lowest BCUT2D eigenvalue weighted by Gasteiger charge is -2.17. The number of aromatic nitrogens is 2. The Morgan fingerprint density at radius 1 is 1.10 bits per heavy atom. The average Bonchev–Trinajstić information content (AvgIpc) is 3.17. The first kappa shape index (κ1) is 12.1. The molecule has 0 spiro atoms. The summed E-state index contributed by atoms with van der Waals surface area (Å²) in [5.74, 6) is 1.78. The van der Waals surface area contributed by atoms with Gasteiger partial charge in [-0.05, 0) is 36.8 Å². The second-order valence-corrected chi connectivity index (χ2v) is 6.19. The number of nitrogens with zero attached hydrogens (tertiary/aromatic N) is 2. The predicted molar refractivity (Wildman–Crippen MR) is 75.2 cm³/mol. The lowest BCUT2D eigenvalue weighted by Crippen LogP contribution is -2.34. The zero-order valence-corrected chi connectivity index (χ0v) is 11.5. The predicted octanol–water partition coefficient (Wildman–Crippen LogP) is 2.68. The molecule has 2 aliphatic rings. The summed E-state index contributed by atoms with van der Waals surface area (Å²) in [5, 5.41) is 4.17. The molecule has 0 atom stereocenters. The van der Waals surface area contributed by atoms with Crippen LogP contribution < -0.4 is 5.73 Å². The van der Waals surface area contributed by atoms with Crippen LogP contribution in [0.5, 0.6) is 0 Å². The molecule has 20 heavy (non-hydrogen) atoms. The summed E-state index contributed by atoms with van der Waals surface area (Å²) in [6, 6.07) is 8.56. The molecule has 2 N–H and O–H groups in total. The Balaban J connectivity index is 1.58. The van der Waals surface area contributed by atoms with E-state index in [1.807, 2.05) is 0 Å². The van der Waals surface area contributed by atoms with Gasteiger partial charge >= 0.3 is 0 Å². The fourth-order valence-electron chi connectivity index (χ4n) is 3.57. The number of benzene rings is 1. The molecule has 2 aromatic rings. The van der Waals surface area contributed by atoms with Crippen LogP contribution in [-0.2, 0) is 18.4 Å². The van der Waals surface area contributed by atoms with E-state index in [1.54, 1.807) is 0 Å². The molecule has 0 unspecified atom stereocenters. The minimum absolute atomic E-state index is 0.318. The van der Waals surface area contributed by atoms with Gasteiger partial charge in [0.15, 0.2) is 5.82 Å². The first-order chi connectivity index (χ1) is 9.74. The molecular weight excluding hydrogens is 250 g/mol. The molecule has 0 bridgehead atoms. The Morgan fingerprint density at radius 2 is 1.75 bits per heavy atom. The van der Waals surface area contributed by atoms with E-state index in [4.69, 9.17) is 10.3 Å². The molecule has 4 heteroatoms. The minimum Gasteiger partial charge on any atom is -0.339 e. The van der Waals surface area contributed by atoms with Crippen molar-refractivity contribution in [2.75, 3.05) is 0 Å². The van der Waals surface area contributed by atoms with Crippen LogP contribution in [0, 0.1) is 0 Å². The summed E-state index contributed by atoms with van der Waals surface area (Å²) in [4.78, 5) is 4.63. The Morgan fingerprint density at radius 3 is 2.40 bits per heavy atom. The molecule has 4 nitrogen and oxygen atoms in total. The first-order valence-electron chi connectivity index (χ1n) is 7.44. The van der Waals surface area contributed by atoms with Crippen molar-refractivity contribution in [2.24, 2.45) is 5.73 Å². The molecule has 0 amide bonds. The number of hydrogen-bond donors (Lipinski definition) is 1. The minimum atomic E-state index is -0.354. The highest BCUT2D eigenvalue weighted by molar-refractivity contribution is 5.34. The highest BCUT2D eigenvalue weighted by atomic mass is 16.5. The van der Waals surface area contributed by atoms with Crippen LogP contribution >= 0.6 is 0 Å². The Kier molecular flexibility index (Phi) is 2.67. The van der Waals surface area contributed by atoms with Gasteiger partial charge in [0.05, 0.1) is 5.54 Å². The highest BCUT2D eigenvalue weighted by Gasteiger charge is 2.37. The van der Waals surface area contributed by atoms with Crippen LogP contribution in [0.2, 0.25) is 0 Å². The molecule has 4 rings (SSSR count). The summed E-state index contributed by atoms with van der Waals surface area (Å²) in [5.41, 5.74) is 8.84. The molecule has 1 saturated carbocycles. The molecule has 1 fully saturated rings. The fourth-order valence-corrected chi connectivity index (χ4v) is 3.57. The molecule has 0 saturated heterocycles. The normalized spacial score (nSPS) is 21.2. The van der Waals surface area contributed by atoms with Gasteiger partial charge in [-0.3, -0.25) is 0 Å². The van der Waals surface area contributed by atoms with E-state index < -0.39 is 0 Å². The summed E-state index contributed by atoms with van der Waals surface area (Å²) in [6.07, 6.45) is 6.25. The topological polar surface area (TPSA) is 64.9 Å². The second-order valence-electron chi connectivity index (χ2n) is 6.19.